The molecule has 2 aromatic rings. The van der Waals surface area contributed by atoms with E-state index >= 15 is 4.39 Å². The number of hydrogen-bond donors (Lipinski definition) is 0. The van der Waals surface area contributed by atoms with Crippen molar-refractivity contribution in [1.29, 1.82) is 0 Å². The summed E-state index contributed by atoms with van der Waals surface area (Å²) >= 11 is 0. The van der Waals surface area contributed by atoms with Crippen molar-refractivity contribution in [3.63, 3.8) is 0 Å². The highest BCUT2D eigenvalue weighted by Crippen LogP contribution is 2.37. The van der Waals surface area contributed by atoms with Gasteiger partial charge in [0.2, 0.25) is 5.91 Å². The highest BCUT2D eigenvalue weighted by molar-refractivity contribution is 6.74. The van der Waals surface area contributed by atoms with Gasteiger partial charge in [0.15, 0.2) is 14.1 Å². The molecule has 2 heterocycles. The minimum absolute atomic E-state index is 0.0634. The Kier molecular flexibility index (Phi) is 6.10. The summed E-state index contributed by atoms with van der Waals surface area (Å²) in [7, 11) is -1.97. The van der Waals surface area contributed by atoms with Gasteiger partial charge in [0.05, 0.1) is 30.7 Å². The second-order valence-corrected chi connectivity index (χ2v) is 13.8. The molecule has 1 amide bonds. The molecule has 0 saturated carbocycles. The summed E-state index contributed by atoms with van der Waals surface area (Å²) < 4.78 is 21.4. The van der Waals surface area contributed by atoms with Gasteiger partial charge in [-0.25, -0.2) is 4.39 Å². The molecule has 1 saturated heterocycles. The smallest absolute Gasteiger partial charge is 0.246 e. The van der Waals surface area contributed by atoms with Gasteiger partial charge in [-0.15, -0.1) is 0 Å². The summed E-state index contributed by atoms with van der Waals surface area (Å²) in [5, 5.41) is 0.0656. The fraction of sp³-hybridized carbons (Fsp3) is 0.455. The van der Waals surface area contributed by atoms with Gasteiger partial charge in [-0.1, -0.05) is 32.9 Å². The molecule has 1 aromatic carbocycles. The Hall–Kier alpha value is -2.25. The van der Waals surface area contributed by atoms with E-state index in [1.807, 2.05) is 12.1 Å². The molecule has 156 valence electrons. The summed E-state index contributed by atoms with van der Waals surface area (Å²) in [6, 6.07) is 9.00. The summed E-state index contributed by atoms with van der Waals surface area (Å²) in [4.78, 5) is 20.2. The highest BCUT2D eigenvalue weighted by Gasteiger charge is 2.37. The van der Waals surface area contributed by atoms with E-state index in [0.29, 0.717) is 24.3 Å². The lowest BCUT2D eigenvalue weighted by Gasteiger charge is -2.37. The number of nitrogens with zero attached hydrogens (tertiary/aromatic N) is 3. The summed E-state index contributed by atoms with van der Waals surface area (Å²) in [5.74, 6) is -0.361. The van der Waals surface area contributed by atoms with E-state index in [4.69, 9.17) is 4.43 Å². The van der Waals surface area contributed by atoms with Crippen molar-refractivity contribution >= 4 is 25.6 Å². The van der Waals surface area contributed by atoms with Crippen LogP contribution in [0.1, 0.15) is 26.3 Å². The lowest BCUT2D eigenvalue weighted by atomic mass is 10.1. The number of halogens is 1. The van der Waals surface area contributed by atoms with Gasteiger partial charge in [-0.2, -0.15) is 0 Å². The standard InChI is InChI=1S/C22H30FN3O2Si/c1-22(2,3)29(4,5)28-16-17-8-6-10-19(21(17)23)25-12-13-26(20(27)15-25)18-9-7-11-24-14-18/h6-11,14H,12-13,15-16H2,1-5H3. The second kappa shape index (κ2) is 8.24. The lowest BCUT2D eigenvalue weighted by Crippen LogP contribution is -2.51. The molecule has 1 aliphatic rings. The molecule has 1 aromatic heterocycles. The SMILES string of the molecule is CC(C)(C)[Si](C)(C)OCc1cccc(N2CCN(c3cccnc3)C(=O)C2)c1F. The molecule has 0 atom stereocenters. The minimum atomic E-state index is -1.97. The number of piperazine rings is 1. The average Bonchev–Trinajstić information content (AvgIpc) is 2.67. The van der Waals surface area contributed by atoms with Crippen LogP contribution < -0.4 is 9.80 Å². The largest absolute Gasteiger partial charge is 0.412 e. The Morgan fingerprint density at radius 2 is 1.93 bits per heavy atom. The normalized spacial score (nSPS) is 15.7. The second-order valence-electron chi connectivity index (χ2n) is 8.98. The maximum atomic E-state index is 15.2. The van der Waals surface area contributed by atoms with Gasteiger partial charge >= 0.3 is 0 Å². The average molecular weight is 416 g/mol. The van der Waals surface area contributed by atoms with Crippen molar-refractivity contribution in [2.45, 2.75) is 45.5 Å². The van der Waals surface area contributed by atoms with E-state index in [-0.39, 0.29) is 29.9 Å². The molecular formula is C22H30FN3O2Si. The van der Waals surface area contributed by atoms with Crippen molar-refractivity contribution in [1.82, 2.24) is 4.98 Å². The predicted octanol–water partition coefficient (Wildman–Crippen LogP) is 4.60. The Morgan fingerprint density at radius 1 is 1.17 bits per heavy atom. The third kappa shape index (κ3) is 4.67. The first-order chi connectivity index (χ1) is 13.6. The number of amides is 1. The predicted molar refractivity (Wildman–Crippen MR) is 117 cm³/mol. The van der Waals surface area contributed by atoms with E-state index in [1.54, 1.807) is 40.4 Å². The number of rotatable bonds is 5. The topological polar surface area (TPSA) is 45.7 Å². The fourth-order valence-electron chi connectivity index (χ4n) is 3.06. The van der Waals surface area contributed by atoms with Crippen LogP contribution in [0, 0.1) is 5.82 Å². The zero-order valence-electron chi connectivity index (χ0n) is 17.9. The van der Waals surface area contributed by atoms with Crippen LogP contribution in [0.15, 0.2) is 42.7 Å². The first-order valence-corrected chi connectivity index (χ1v) is 12.9. The number of aromatic nitrogens is 1. The monoisotopic (exact) mass is 415 g/mol. The number of carbonyl (C=O) groups is 1. The van der Waals surface area contributed by atoms with E-state index in [1.165, 1.54) is 0 Å². The summed E-state index contributed by atoms with van der Waals surface area (Å²) in [6.07, 6.45) is 3.35. The Morgan fingerprint density at radius 3 is 2.55 bits per heavy atom. The number of carbonyl (C=O) groups excluding carboxylic acids is 1. The molecule has 5 nitrogen and oxygen atoms in total. The van der Waals surface area contributed by atoms with Crippen LogP contribution in [0.3, 0.4) is 0 Å². The minimum Gasteiger partial charge on any atom is -0.412 e. The molecule has 29 heavy (non-hydrogen) atoms. The van der Waals surface area contributed by atoms with Crippen molar-refractivity contribution < 1.29 is 13.6 Å². The zero-order chi connectivity index (χ0) is 21.2. The van der Waals surface area contributed by atoms with E-state index in [0.717, 1.165) is 5.69 Å². The number of anilines is 2. The molecule has 3 rings (SSSR count). The van der Waals surface area contributed by atoms with Gasteiger partial charge in [-0.05, 0) is 36.3 Å². The third-order valence-corrected chi connectivity index (χ3v) is 10.5. The first-order valence-electron chi connectivity index (χ1n) is 9.97. The third-order valence-electron chi connectivity index (χ3n) is 5.97. The summed E-state index contributed by atoms with van der Waals surface area (Å²) in [5.41, 5.74) is 1.77. The zero-order valence-corrected chi connectivity index (χ0v) is 18.9. The van der Waals surface area contributed by atoms with Crippen molar-refractivity contribution in [2.24, 2.45) is 0 Å². The lowest BCUT2D eigenvalue weighted by molar-refractivity contribution is -0.117. The molecule has 0 N–H and O–H groups in total. The molecule has 0 radical (unpaired) electrons. The molecule has 1 fully saturated rings. The van der Waals surface area contributed by atoms with E-state index in [2.05, 4.69) is 38.8 Å². The Bertz CT molecular complexity index is 868. The molecule has 0 aliphatic carbocycles. The molecule has 0 unspecified atom stereocenters. The number of pyridine rings is 1. The van der Waals surface area contributed by atoms with Crippen molar-refractivity contribution in [3.05, 3.63) is 54.1 Å². The highest BCUT2D eigenvalue weighted by atomic mass is 28.4. The Balaban J connectivity index is 1.73. The summed E-state index contributed by atoms with van der Waals surface area (Å²) in [6.45, 7) is 12.3. The first kappa shape index (κ1) is 21.5. The Labute approximate surface area is 173 Å². The molecule has 1 aliphatic heterocycles. The van der Waals surface area contributed by atoms with Gasteiger partial charge in [0, 0.05) is 24.8 Å². The van der Waals surface area contributed by atoms with E-state index in [9.17, 15) is 4.79 Å². The van der Waals surface area contributed by atoms with Crippen LogP contribution in [-0.4, -0.2) is 38.8 Å². The van der Waals surface area contributed by atoms with Crippen LogP contribution in [0.2, 0.25) is 18.1 Å². The van der Waals surface area contributed by atoms with Crippen molar-refractivity contribution in [2.75, 3.05) is 29.4 Å². The molecular weight excluding hydrogens is 385 g/mol. The molecule has 7 heteroatoms. The van der Waals surface area contributed by atoms with Crippen molar-refractivity contribution in [3.8, 4) is 0 Å². The van der Waals surface area contributed by atoms with Gasteiger partial charge in [0.1, 0.15) is 0 Å². The van der Waals surface area contributed by atoms with Gasteiger partial charge < -0.3 is 14.2 Å². The fourth-order valence-corrected chi connectivity index (χ4v) is 4.01. The van der Waals surface area contributed by atoms with Crippen LogP contribution in [0.25, 0.3) is 0 Å². The van der Waals surface area contributed by atoms with Gasteiger partial charge in [0.25, 0.3) is 0 Å². The molecule has 0 spiro atoms. The number of hydrogen-bond acceptors (Lipinski definition) is 4. The maximum Gasteiger partial charge on any atom is 0.246 e. The van der Waals surface area contributed by atoms with Crippen LogP contribution in [0.4, 0.5) is 15.8 Å². The van der Waals surface area contributed by atoms with Crippen LogP contribution >= 0.6 is 0 Å². The maximum absolute atomic E-state index is 15.2. The van der Waals surface area contributed by atoms with Crippen LogP contribution in [0.5, 0.6) is 0 Å². The molecule has 0 bridgehead atoms. The quantitative estimate of drug-likeness (QED) is 0.670. The number of benzene rings is 1. The van der Waals surface area contributed by atoms with E-state index < -0.39 is 8.32 Å². The van der Waals surface area contributed by atoms with Crippen LogP contribution in [-0.2, 0) is 15.8 Å². The van der Waals surface area contributed by atoms with Gasteiger partial charge in [-0.3, -0.25) is 9.78 Å².